The molecule has 0 radical (unpaired) electrons. The number of rotatable bonds is 4. The molecule has 0 spiro atoms. The molecule has 2 aromatic carbocycles. The maximum Gasteiger partial charge on any atom is 0.224 e. The molecule has 2 saturated carbocycles. The number of fused-ring (bicyclic) bond motifs is 2. The Kier molecular flexibility index (Phi) is 5.15. The average Bonchev–Trinajstić information content (AvgIpc) is 3.32. The van der Waals surface area contributed by atoms with Crippen LogP contribution in [0.5, 0.6) is 0 Å². The molecular formula is C26H24FN3O. The lowest BCUT2D eigenvalue weighted by Gasteiger charge is -2.17. The van der Waals surface area contributed by atoms with Gasteiger partial charge in [0.15, 0.2) is 0 Å². The zero-order valence-corrected chi connectivity index (χ0v) is 17.2. The Labute approximate surface area is 181 Å². The van der Waals surface area contributed by atoms with Crippen molar-refractivity contribution in [2.75, 3.05) is 5.32 Å². The van der Waals surface area contributed by atoms with E-state index in [4.69, 9.17) is 5.26 Å². The zero-order valence-electron chi connectivity index (χ0n) is 17.2. The molecular weight excluding hydrogens is 389 g/mol. The van der Waals surface area contributed by atoms with Crippen LogP contribution in [0.3, 0.4) is 0 Å². The molecule has 156 valence electrons. The normalized spacial score (nSPS) is 24.6. The fraction of sp³-hybridized carbons (Fsp3) is 0.346. The van der Waals surface area contributed by atoms with Gasteiger partial charge in [-0.1, -0.05) is 0 Å². The number of halogens is 1. The maximum absolute atomic E-state index is 13.8. The standard InChI is InChI=1S/C26H24FN3O/c27-21-3-6-25-24(14-21)23(7-8-29-25)20-12-18-9-17(10-19(18)13-20)11-26(31)30-22-4-1-16(15-28)2-5-22/h1-8,14,17-20H,9-13H2,(H,30,31)/t17-,18+,19-,20?. The van der Waals surface area contributed by atoms with Crippen molar-refractivity contribution in [1.82, 2.24) is 4.98 Å². The largest absolute Gasteiger partial charge is 0.326 e. The van der Waals surface area contributed by atoms with Crippen LogP contribution >= 0.6 is 0 Å². The van der Waals surface area contributed by atoms with E-state index in [1.54, 1.807) is 36.4 Å². The number of nitriles is 1. The summed E-state index contributed by atoms with van der Waals surface area (Å²) in [5, 5.41) is 12.8. The third kappa shape index (κ3) is 4.03. The number of pyridine rings is 1. The first kappa shape index (κ1) is 19.7. The number of nitrogens with zero attached hydrogens (tertiary/aromatic N) is 2. The summed E-state index contributed by atoms with van der Waals surface area (Å²) in [6, 6.07) is 15.9. The number of carbonyl (C=O) groups is 1. The lowest BCUT2D eigenvalue weighted by Crippen LogP contribution is -2.15. The predicted octanol–water partition coefficient (Wildman–Crippen LogP) is 5.79. The summed E-state index contributed by atoms with van der Waals surface area (Å²) < 4.78 is 13.8. The molecule has 4 nitrogen and oxygen atoms in total. The van der Waals surface area contributed by atoms with Crippen molar-refractivity contribution in [3.63, 3.8) is 0 Å². The fourth-order valence-corrected chi connectivity index (χ4v) is 5.76. The van der Waals surface area contributed by atoms with Gasteiger partial charge in [-0.3, -0.25) is 9.78 Å². The second-order valence-corrected chi connectivity index (χ2v) is 9.03. The van der Waals surface area contributed by atoms with Crippen molar-refractivity contribution in [2.45, 2.75) is 38.0 Å². The molecule has 1 unspecified atom stereocenters. The van der Waals surface area contributed by atoms with E-state index in [9.17, 15) is 9.18 Å². The molecule has 2 aliphatic carbocycles. The molecule has 2 aliphatic rings. The monoisotopic (exact) mass is 413 g/mol. The van der Waals surface area contributed by atoms with E-state index in [2.05, 4.69) is 22.4 Å². The molecule has 5 heteroatoms. The summed E-state index contributed by atoms with van der Waals surface area (Å²) >= 11 is 0. The SMILES string of the molecule is N#Cc1ccc(NC(=O)C[C@@H]2C[C@H]3CC(c4ccnc5ccc(F)cc45)C[C@H]3C2)cc1. The van der Waals surface area contributed by atoms with Gasteiger partial charge in [-0.15, -0.1) is 0 Å². The molecule has 4 atom stereocenters. The van der Waals surface area contributed by atoms with Crippen LogP contribution in [0.1, 0.15) is 49.1 Å². The van der Waals surface area contributed by atoms with Crippen LogP contribution in [-0.2, 0) is 4.79 Å². The molecule has 0 saturated heterocycles. The van der Waals surface area contributed by atoms with E-state index in [1.807, 2.05) is 6.20 Å². The number of aromatic nitrogens is 1. The Bertz CT molecular complexity index is 1150. The number of carbonyl (C=O) groups excluding carboxylic acids is 1. The summed E-state index contributed by atoms with van der Waals surface area (Å²) in [5.41, 5.74) is 3.39. The van der Waals surface area contributed by atoms with E-state index in [-0.39, 0.29) is 11.7 Å². The summed E-state index contributed by atoms with van der Waals surface area (Å²) in [6.45, 7) is 0. The first-order chi connectivity index (χ1) is 15.1. The first-order valence-electron chi connectivity index (χ1n) is 10.9. The van der Waals surface area contributed by atoms with Gasteiger partial charge in [0.2, 0.25) is 5.91 Å². The Balaban J connectivity index is 1.20. The Morgan fingerprint density at radius 3 is 2.52 bits per heavy atom. The lowest BCUT2D eigenvalue weighted by molar-refractivity contribution is -0.117. The number of amides is 1. The first-order valence-corrected chi connectivity index (χ1v) is 10.9. The average molecular weight is 413 g/mol. The smallest absolute Gasteiger partial charge is 0.224 e. The number of anilines is 1. The van der Waals surface area contributed by atoms with Crippen molar-refractivity contribution in [3.8, 4) is 6.07 Å². The Hall–Kier alpha value is -3.26. The van der Waals surface area contributed by atoms with E-state index in [1.165, 1.54) is 11.6 Å². The van der Waals surface area contributed by atoms with E-state index < -0.39 is 0 Å². The molecule has 3 aromatic rings. The maximum atomic E-state index is 13.8. The second-order valence-electron chi connectivity index (χ2n) is 9.03. The summed E-state index contributed by atoms with van der Waals surface area (Å²) in [5.74, 6) is 1.95. The van der Waals surface area contributed by atoms with Gasteiger partial charge in [0, 0.05) is 23.7 Å². The van der Waals surface area contributed by atoms with Crippen molar-refractivity contribution in [2.24, 2.45) is 17.8 Å². The molecule has 5 rings (SSSR count). The zero-order chi connectivity index (χ0) is 21.4. The van der Waals surface area contributed by atoms with Gasteiger partial charge in [0.25, 0.3) is 0 Å². The molecule has 0 bridgehead atoms. The number of nitrogens with one attached hydrogen (secondary N) is 1. The number of hydrogen-bond donors (Lipinski definition) is 1. The van der Waals surface area contributed by atoms with Crippen LogP contribution in [0.15, 0.2) is 54.7 Å². The molecule has 31 heavy (non-hydrogen) atoms. The van der Waals surface area contributed by atoms with Crippen molar-refractivity contribution in [1.29, 1.82) is 5.26 Å². The van der Waals surface area contributed by atoms with Gasteiger partial charge in [-0.25, -0.2) is 4.39 Å². The molecule has 1 amide bonds. The van der Waals surface area contributed by atoms with Crippen LogP contribution in [0.4, 0.5) is 10.1 Å². The highest BCUT2D eigenvalue weighted by atomic mass is 19.1. The van der Waals surface area contributed by atoms with Gasteiger partial charge in [0.05, 0.1) is 17.1 Å². The molecule has 1 N–H and O–H groups in total. The molecule has 1 aromatic heterocycles. The van der Waals surface area contributed by atoms with Gasteiger partial charge in [0.1, 0.15) is 5.82 Å². The van der Waals surface area contributed by atoms with E-state index >= 15 is 0 Å². The Morgan fingerprint density at radius 2 is 1.81 bits per heavy atom. The minimum absolute atomic E-state index is 0.0434. The van der Waals surface area contributed by atoms with Gasteiger partial charge < -0.3 is 5.32 Å². The van der Waals surface area contributed by atoms with Crippen LogP contribution in [0, 0.1) is 34.9 Å². The highest BCUT2D eigenvalue weighted by molar-refractivity contribution is 5.90. The quantitative estimate of drug-likeness (QED) is 0.588. The Morgan fingerprint density at radius 1 is 1.06 bits per heavy atom. The van der Waals surface area contributed by atoms with E-state index in [0.29, 0.717) is 35.7 Å². The minimum atomic E-state index is -0.215. The molecule has 2 fully saturated rings. The third-order valence-corrected chi connectivity index (χ3v) is 7.06. The third-order valence-electron chi connectivity index (χ3n) is 7.06. The van der Waals surface area contributed by atoms with Crippen LogP contribution < -0.4 is 5.32 Å². The van der Waals surface area contributed by atoms with Gasteiger partial charge >= 0.3 is 0 Å². The number of benzene rings is 2. The highest BCUT2D eigenvalue weighted by Crippen LogP contribution is 2.53. The van der Waals surface area contributed by atoms with E-state index in [0.717, 1.165) is 42.3 Å². The van der Waals surface area contributed by atoms with Crippen molar-refractivity contribution < 1.29 is 9.18 Å². The topological polar surface area (TPSA) is 65.8 Å². The summed E-state index contributed by atoms with van der Waals surface area (Å²) in [4.78, 5) is 16.9. The number of hydrogen-bond acceptors (Lipinski definition) is 3. The fourth-order valence-electron chi connectivity index (χ4n) is 5.76. The van der Waals surface area contributed by atoms with Crippen LogP contribution in [0.25, 0.3) is 10.9 Å². The lowest BCUT2D eigenvalue weighted by atomic mass is 9.89. The predicted molar refractivity (Wildman–Crippen MR) is 118 cm³/mol. The summed E-state index contributed by atoms with van der Waals surface area (Å²) in [6.07, 6.45) is 6.75. The minimum Gasteiger partial charge on any atom is -0.326 e. The summed E-state index contributed by atoms with van der Waals surface area (Å²) in [7, 11) is 0. The van der Waals surface area contributed by atoms with Crippen LogP contribution in [0.2, 0.25) is 0 Å². The molecule has 0 aliphatic heterocycles. The second kappa shape index (κ2) is 8.11. The van der Waals surface area contributed by atoms with Crippen molar-refractivity contribution >= 4 is 22.5 Å². The highest BCUT2D eigenvalue weighted by Gasteiger charge is 2.42. The van der Waals surface area contributed by atoms with Gasteiger partial charge in [-0.05, 0) is 103 Å². The molecule has 1 heterocycles. The van der Waals surface area contributed by atoms with Crippen LogP contribution in [-0.4, -0.2) is 10.9 Å². The van der Waals surface area contributed by atoms with Gasteiger partial charge in [-0.2, -0.15) is 5.26 Å². The van der Waals surface area contributed by atoms with Crippen molar-refractivity contribution in [3.05, 3.63) is 71.7 Å².